The normalized spacial score (nSPS) is 9.93. The number of benzene rings is 2. The van der Waals surface area contributed by atoms with Gasteiger partial charge in [-0.3, -0.25) is 19.2 Å². The number of ether oxygens (including phenoxy) is 2. The zero-order valence-electron chi connectivity index (χ0n) is 16.7. The van der Waals surface area contributed by atoms with Crippen molar-refractivity contribution in [1.29, 1.82) is 0 Å². The Kier molecular flexibility index (Phi) is 8.37. The highest BCUT2D eigenvalue weighted by atomic mass is 16.5. The van der Waals surface area contributed by atoms with Gasteiger partial charge in [-0.05, 0) is 43.3 Å². The number of esters is 1. The minimum Gasteiger partial charge on any atom is -0.493 e. The number of nitrogens with one attached hydrogen (secondary N) is 3. The van der Waals surface area contributed by atoms with E-state index >= 15 is 0 Å². The second-order valence-electron chi connectivity index (χ2n) is 6.08. The first-order valence-electron chi connectivity index (χ1n) is 9.22. The van der Waals surface area contributed by atoms with Crippen molar-refractivity contribution in [2.45, 2.75) is 13.8 Å². The summed E-state index contributed by atoms with van der Waals surface area (Å²) in [5, 5.41) is 7.60. The molecule has 3 N–H and O–H groups in total. The lowest BCUT2D eigenvalue weighted by Crippen LogP contribution is -2.32. The molecule has 2 aromatic carbocycles. The Morgan fingerprint density at radius 3 is 2.17 bits per heavy atom. The average Bonchev–Trinajstić information content (AvgIpc) is 2.72. The molecule has 0 saturated heterocycles. The summed E-state index contributed by atoms with van der Waals surface area (Å²) in [6.07, 6.45) is 0. The molecule has 0 aliphatic rings. The summed E-state index contributed by atoms with van der Waals surface area (Å²) in [6.45, 7) is 2.70. The van der Waals surface area contributed by atoms with Gasteiger partial charge in [0.25, 0.3) is 11.8 Å². The van der Waals surface area contributed by atoms with Crippen LogP contribution in [0.2, 0.25) is 0 Å². The minimum absolute atomic E-state index is 0.202. The van der Waals surface area contributed by atoms with Gasteiger partial charge in [-0.25, -0.2) is 0 Å². The van der Waals surface area contributed by atoms with Crippen molar-refractivity contribution in [1.82, 2.24) is 5.32 Å². The van der Waals surface area contributed by atoms with Crippen LogP contribution in [0.4, 0.5) is 11.4 Å². The van der Waals surface area contributed by atoms with Gasteiger partial charge in [0.2, 0.25) is 5.91 Å². The van der Waals surface area contributed by atoms with Crippen LogP contribution in [-0.2, 0) is 19.1 Å². The van der Waals surface area contributed by atoms with E-state index in [0.29, 0.717) is 29.3 Å². The van der Waals surface area contributed by atoms with E-state index in [1.807, 2.05) is 0 Å². The van der Waals surface area contributed by atoms with Gasteiger partial charge < -0.3 is 25.4 Å². The van der Waals surface area contributed by atoms with Crippen LogP contribution in [0.3, 0.4) is 0 Å². The summed E-state index contributed by atoms with van der Waals surface area (Å²) >= 11 is 0. The van der Waals surface area contributed by atoms with E-state index in [9.17, 15) is 19.2 Å². The number of carbonyl (C=O) groups excluding carboxylic acids is 4. The number of amides is 3. The highest BCUT2D eigenvalue weighted by Gasteiger charge is 2.14. The maximum atomic E-state index is 12.2. The van der Waals surface area contributed by atoms with Gasteiger partial charge in [-0.1, -0.05) is 12.1 Å². The Labute approximate surface area is 173 Å². The molecule has 0 spiro atoms. The first-order valence-corrected chi connectivity index (χ1v) is 9.22. The lowest BCUT2D eigenvalue weighted by Gasteiger charge is -2.10. The van der Waals surface area contributed by atoms with E-state index in [1.165, 1.54) is 6.92 Å². The number of hydrogen-bond acceptors (Lipinski definition) is 6. The summed E-state index contributed by atoms with van der Waals surface area (Å²) in [5.74, 6) is -1.57. The van der Waals surface area contributed by atoms with Gasteiger partial charge in [-0.2, -0.15) is 0 Å². The Hall–Kier alpha value is -3.88. The molecule has 0 saturated carbocycles. The largest absolute Gasteiger partial charge is 0.493 e. The van der Waals surface area contributed by atoms with Gasteiger partial charge in [0.1, 0.15) is 12.3 Å². The SMILES string of the molecule is CCOc1ccccc1C(=O)NCC(=O)OCC(=O)Nc1ccc(NC(C)=O)cc1. The van der Waals surface area contributed by atoms with E-state index in [-0.39, 0.29) is 5.91 Å². The second-order valence-corrected chi connectivity index (χ2v) is 6.08. The van der Waals surface area contributed by atoms with Gasteiger partial charge in [-0.15, -0.1) is 0 Å². The summed E-state index contributed by atoms with van der Waals surface area (Å²) in [5.41, 5.74) is 1.37. The van der Waals surface area contributed by atoms with Gasteiger partial charge in [0.05, 0.1) is 12.2 Å². The molecule has 0 fully saturated rings. The van der Waals surface area contributed by atoms with Crippen molar-refractivity contribution < 1.29 is 28.7 Å². The third-order valence-electron chi connectivity index (χ3n) is 3.68. The molecule has 9 nitrogen and oxygen atoms in total. The van der Waals surface area contributed by atoms with Crippen molar-refractivity contribution in [3.05, 3.63) is 54.1 Å². The smallest absolute Gasteiger partial charge is 0.325 e. The Morgan fingerprint density at radius 1 is 0.900 bits per heavy atom. The fraction of sp³-hybridized carbons (Fsp3) is 0.238. The van der Waals surface area contributed by atoms with Crippen molar-refractivity contribution in [2.75, 3.05) is 30.4 Å². The molecule has 3 amide bonds. The summed E-state index contributed by atoms with van der Waals surface area (Å²) in [4.78, 5) is 46.9. The molecule has 9 heteroatoms. The molecule has 0 aromatic heterocycles. The number of para-hydroxylation sites is 1. The fourth-order valence-corrected chi connectivity index (χ4v) is 2.42. The van der Waals surface area contributed by atoms with Crippen molar-refractivity contribution >= 4 is 35.1 Å². The van der Waals surface area contributed by atoms with E-state index in [0.717, 1.165) is 0 Å². The third-order valence-corrected chi connectivity index (χ3v) is 3.68. The molecular weight excluding hydrogens is 390 g/mol. The van der Waals surface area contributed by atoms with E-state index in [2.05, 4.69) is 16.0 Å². The zero-order valence-corrected chi connectivity index (χ0v) is 16.7. The Bertz CT molecular complexity index is 911. The molecule has 30 heavy (non-hydrogen) atoms. The molecule has 0 bridgehead atoms. The van der Waals surface area contributed by atoms with Crippen LogP contribution in [0.5, 0.6) is 5.75 Å². The quantitative estimate of drug-likeness (QED) is 0.540. The summed E-state index contributed by atoms with van der Waals surface area (Å²) in [6, 6.07) is 13.1. The maximum absolute atomic E-state index is 12.2. The van der Waals surface area contributed by atoms with Gasteiger partial charge in [0, 0.05) is 18.3 Å². The maximum Gasteiger partial charge on any atom is 0.325 e. The second kappa shape index (κ2) is 11.2. The standard InChI is InChI=1S/C21H23N3O6/c1-3-29-18-7-5-4-6-17(18)21(28)22-12-20(27)30-13-19(26)24-16-10-8-15(9-11-16)23-14(2)25/h4-11H,3,12-13H2,1-2H3,(H,22,28)(H,23,25)(H,24,26). The van der Waals surface area contributed by atoms with Crippen LogP contribution in [0, 0.1) is 0 Å². The predicted molar refractivity (Wildman–Crippen MR) is 110 cm³/mol. The van der Waals surface area contributed by atoms with E-state index in [4.69, 9.17) is 9.47 Å². The molecule has 158 valence electrons. The highest BCUT2D eigenvalue weighted by Crippen LogP contribution is 2.17. The molecule has 2 rings (SSSR count). The monoisotopic (exact) mass is 413 g/mol. The molecular formula is C21H23N3O6. The Balaban J connectivity index is 1.75. The molecule has 0 radical (unpaired) electrons. The summed E-state index contributed by atoms with van der Waals surface area (Å²) in [7, 11) is 0. The van der Waals surface area contributed by atoms with E-state index in [1.54, 1.807) is 55.5 Å². The van der Waals surface area contributed by atoms with E-state index < -0.39 is 30.9 Å². The van der Waals surface area contributed by atoms with Crippen LogP contribution >= 0.6 is 0 Å². The topological polar surface area (TPSA) is 123 Å². The first-order chi connectivity index (χ1) is 14.4. The summed E-state index contributed by atoms with van der Waals surface area (Å²) < 4.78 is 10.2. The highest BCUT2D eigenvalue weighted by molar-refractivity contribution is 5.98. The van der Waals surface area contributed by atoms with Gasteiger partial charge in [0.15, 0.2) is 6.61 Å². The molecule has 0 aliphatic carbocycles. The van der Waals surface area contributed by atoms with Crippen molar-refractivity contribution in [2.24, 2.45) is 0 Å². The molecule has 2 aromatic rings. The molecule has 0 heterocycles. The number of carbonyl (C=O) groups is 4. The fourth-order valence-electron chi connectivity index (χ4n) is 2.42. The Morgan fingerprint density at radius 2 is 1.53 bits per heavy atom. The van der Waals surface area contributed by atoms with Crippen LogP contribution in [0.25, 0.3) is 0 Å². The minimum atomic E-state index is -0.756. The average molecular weight is 413 g/mol. The zero-order chi connectivity index (χ0) is 21.9. The van der Waals surface area contributed by atoms with Gasteiger partial charge >= 0.3 is 5.97 Å². The van der Waals surface area contributed by atoms with Crippen LogP contribution < -0.4 is 20.7 Å². The first kappa shape index (κ1) is 22.4. The number of rotatable bonds is 9. The molecule has 0 unspecified atom stereocenters. The number of anilines is 2. The molecule has 0 aliphatic heterocycles. The van der Waals surface area contributed by atoms with Crippen molar-refractivity contribution in [3.63, 3.8) is 0 Å². The third kappa shape index (κ3) is 7.27. The van der Waals surface area contributed by atoms with Crippen molar-refractivity contribution in [3.8, 4) is 5.75 Å². The van der Waals surface area contributed by atoms with Crippen LogP contribution in [0.1, 0.15) is 24.2 Å². The number of hydrogen-bond donors (Lipinski definition) is 3. The molecule has 0 atom stereocenters. The lowest BCUT2D eigenvalue weighted by molar-refractivity contribution is -0.146. The lowest BCUT2D eigenvalue weighted by atomic mass is 10.2. The van der Waals surface area contributed by atoms with Crippen LogP contribution in [-0.4, -0.2) is 43.4 Å². The van der Waals surface area contributed by atoms with Crippen LogP contribution in [0.15, 0.2) is 48.5 Å². The predicted octanol–water partition coefficient (Wildman–Crippen LogP) is 1.96.